The van der Waals surface area contributed by atoms with E-state index in [0.717, 1.165) is 12.1 Å². The highest BCUT2D eigenvalue weighted by atomic mass is 16.2. The SMILES string of the molecule is CC(=O)NC(C)C(=O)NCc1ccc(CN2CCCC2)cc1. The molecule has 2 rings (SSSR count). The van der Waals surface area contributed by atoms with Gasteiger partial charge in [-0.15, -0.1) is 0 Å². The number of nitrogens with zero attached hydrogens (tertiary/aromatic N) is 1. The van der Waals surface area contributed by atoms with E-state index in [1.807, 2.05) is 0 Å². The van der Waals surface area contributed by atoms with Gasteiger partial charge in [0, 0.05) is 20.0 Å². The number of carbonyl (C=O) groups excluding carboxylic acids is 2. The van der Waals surface area contributed by atoms with Gasteiger partial charge in [0.1, 0.15) is 6.04 Å². The zero-order valence-electron chi connectivity index (χ0n) is 13.4. The summed E-state index contributed by atoms with van der Waals surface area (Å²) in [5.74, 6) is -0.370. The Bertz CT molecular complexity index is 507. The molecular formula is C17H25N3O2. The Morgan fingerprint density at radius 3 is 2.32 bits per heavy atom. The summed E-state index contributed by atoms with van der Waals surface area (Å²) in [6.07, 6.45) is 2.60. The van der Waals surface area contributed by atoms with Crippen LogP contribution < -0.4 is 10.6 Å². The lowest BCUT2D eigenvalue weighted by molar-refractivity contribution is -0.127. The summed E-state index contributed by atoms with van der Waals surface area (Å²) in [5.41, 5.74) is 2.37. The molecule has 2 amide bonds. The van der Waals surface area contributed by atoms with Gasteiger partial charge in [-0.05, 0) is 44.0 Å². The molecule has 0 bridgehead atoms. The Morgan fingerprint density at radius 2 is 1.73 bits per heavy atom. The van der Waals surface area contributed by atoms with E-state index in [4.69, 9.17) is 0 Å². The van der Waals surface area contributed by atoms with E-state index in [1.165, 1.54) is 38.4 Å². The van der Waals surface area contributed by atoms with E-state index < -0.39 is 6.04 Å². The Labute approximate surface area is 132 Å². The Kier molecular flexibility index (Phi) is 5.95. The molecule has 5 heteroatoms. The third-order valence-electron chi connectivity index (χ3n) is 3.91. The molecule has 1 heterocycles. The Hall–Kier alpha value is -1.88. The van der Waals surface area contributed by atoms with Crippen LogP contribution in [0.4, 0.5) is 0 Å². The van der Waals surface area contributed by atoms with Crippen molar-refractivity contribution in [3.63, 3.8) is 0 Å². The normalized spacial score (nSPS) is 16.3. The number of hydrogen-bond donors (Lipinski definition) is 2. The number of hydrogen-bond acceptors (Lipinski definition) is 3. The van der Waals surface area contributed by atoms with Gasteiger partial charge in [0.05, 0.1) is 0 Å². The first-order valence-corrected chi connectivity index (χ1v) is 7.89. The monoisotopic (exact) mass is 303 g/mol. The summed E-state index contributed by atoms with van der Waals surface area (Å²) >= 11 is 0. The number of carbonyl (C=O) groups is 2. The minimum atomic E-state index is -0.507. The quantitative estimate of drug-likeness (QED) is 0.835. The smallest absolute Gasteiger partial charge is 0.242 e. The predicted molar refractivity (Wildman–Crippen MR) is 86.1 cm³/mol. The highest BCUT2D eigenvalue weighted by Crippen LogP contribution is 2.13. The van der Waals surface area contributed by atoms with E-state index in [2.05, 4.69) is 39.8 Å². The second kappa shape index (κ2) is 7.94. The molecule has 0 aliphatic carbocycles. The van der Waals surface area contributed by atoms with Crippen molar-refractivity contribution in [3.05, 3.63) is 35.4 Å². The van der Waals surface area contributed by atoms with E-state index in [-0.39, 0.29) is 11.8 Å². The minimum absolute atomic E-state index is 0.170. The molecule has 1 saturated heterocycles. The molecule has 22 heavy (non-hydrogen) atoms. The number of amides is 2. The summed E-state index contributed by atoms with van der Waals surface area (Å²) < 4.78 is 0. The average molecular weight is 303 g/mol. The maximum Gasteiger partial charge on any atom is 0.242 e. The van der Waals surface area contributed by atoms with Gasteiger partial charge in [-0.2, -0.15) is 0 Å². The zero-order valence-corrected chi connectivity index (χ0v) is 13.4. The average Bonchev–Trinajstić information content (AvgIpc) is 2.98. The van der Waals surface area contributed by atoms with Crippen LogP contribution in [0, 0.1) is 0 Å². The molecule has 1 aromatic rings. The highest BCUT2D eigenvalue weighted by molar-refractivity contribution is 5.86. The molecule has 0 radical (unpaired) electrons. The minimum Gasteiger partial charge on any atom is -0.350 e. The van der Waals surface area contributed by atoms with Crippen LogP contribution in [0.15, 0.2) is 24.3 Å². The molecule has 5 nitrogen and oxygen atoms in total. The molecule has 1 aliphatic heterocycles. The number of rotatable bonds is 6. The topological polar surface area (TPSA) is 61.4 Å². The van der Waals surface area contributed by atoms with Crippen LogP contribution in [0.3, 0.4) is 0 Å². The van der Waals surface area contributed by atoms with Gasteiger partial charge >= 0.3 is 0 Å². The molecule has 1 unspecified atom stereocenters. The van der Waals surface area contributed by atoms with Gasteiger partial charge in [-0.25, -0.2) is 0 Å². The van der Waals surface area contributed by atoms with Crippen molar-refractivity contribution in [2.45, 2.75) is 45.8 Å². The van der Waals surface area contributed by atoms with Gasteiger partial charge in [0.25, 0.3) is 0 Å². The van der Waals surface area contributed by atoms with Gasteiger partial charge in [0.15, 0.2) is 0 Å². The molecule has 1 fully saturated rings. The van der Waals surface area contributed by atoms with Gasteiger partial charge in [0.2, 0.25) is 11.8 Å². The third-order valence-corrected chi connectivity index (χ3v) is 3.91. The second-order valence-corrected chi connectivity index (χ2v) is 5.94. The molecule has 0 aromatic heterocycles. The lowest BCUT2D eigenvalue weighted by Gasteiger charge is -2.15. The molecule has 0 spiro atoms. The van der Waals surface area contributed by atoms with Crippen LogP contribution in [0.25, 0.3) is 0 Å². The van der Waals surface area contributed by atoms with Gasteiger partial charge in [-0.1, -0.05) is 24.3 Å². The zero-order chi connectivity index (χ0) is 15.9. The third kappa shape index (κ3) is 5.15. The van der Waals surface area contributed by atoms with Gasteiger partial charge in [-0.3, -0.25) is 14.5 Å². The van der Waals surface area contributed by atoms with Gasteiger partial charge < -0.3 is 10.6 Å². The van der Waals surface area contributed by atoms with Crippen molar-refractivity contribution >= 4 is 11.8 Å². The highest BCUT2D eigenvalue weighted by Gasteiger charge is 2.13. The lowest BCUT2D eigenvalue weighted by atomic mass is 10.1. The van der Waals surface area contributed by atoms with Crippen molar-refractivity contribution in [2.75, 3.05) is 13.1 Å². The van der Waals surface area contributed by atoms with Crippen LogP contribution in [-0.4, -0.2) is 35.8 Å². The van der Waals surface area contributed by atoms with Crippen molar-refractivity contribution in [3.8, 4) is 0 Å². The van der Waals surface area contributed by atoms with Crippen molar-refractivity contribution in [1.29, 1.82) is 0 Å². The first-order chi connectivity index (χ1) is 10.5. The maximum absolute atomic E-state index is 11.8. The van der Waals surface area contributed by atoms with Crippen molar-refractivity contribution < 1.29 is 9.59 Å². The summed E-state index contributed by atoms with van der Waals surface area (Å²) in [6, 6.07) is 7.84. The number of benzene rings is 1. The fraction of sp³-hybridized carbons (Fsp3) is 0.529. The summed E-state index contributed by atoms with van der Waals surface area (Å²) in [7, 11) is 0. The van der Waals surface area contributed by atoms with E-state index >= 15 is 0 Å². The van der Waals surface area contributed by atoms with Crippen LogP contribution in [0.1, 0.15) is 37.8 Å². The Morgan fingerprint density at radius 1 is 1.14 bits per heavy atom. The van der Waals surface area contributed by atoms with Crippen LogP contribution >= 0.6 is 0 Å². The molecule has 120 valence electrons. The van der Waals surface area contributed by atoms with Crippen LogP contribution in [0.5, 0.6) is 0 Å². The molecule has 1 aliphatic rings. The fourth-order valence-electron chi connectivity index (χ4n) is 2.67. The molecule has 1 atom stereocenters. The number of likely N-dealkylation sites (tertiary alicyclic amines) is 1. The van der Waals surface area contributed by atoms with Crippen LogP contribution in [-0.2, 0) is 22.7 Å². The molecule has 1 aromatic carbocycles. The van der Waals surface area contributed by atoms with Crippen molar-refractivity contribution in [1.82, 2.24) is 15.5 Å². The maximum atomic E-state index is 11.8. The first-order valence-electron chi connectivity index (χ1n) is 7.89. The molecule has 2 N–H and O–H groups in total. The lowest BCUT2D eigenvalue weighted by Crippen LogP contribution is -2.43. The number of nitrogens with one attached hydrogen (secondary N) is 2. The first kappa shape index (κ1) is 16.5. The fourth-order valence-corrected chi connectivity index (χ4v) is 2.67. The summed E-state index contributed by atoms with van der Waals surface area (Å²) in [4.78, 5) is 25.2. The summed E-state index contributed by atoms with van der Waals surface area (Å²) in [6.45, 7) is 6.95. The van der Waals surface area contributed by atoms with Crippen molar-refractivity contribution in [2.24, 2.45) is 0 Å². The van der Waals surface area contributed by atoms with E-state index in [0.29, 0.717) is 6.54 Å². The van der Waals surface area contributed by atoms with E-state index in [1.54, 1.807) is 6.92 Å². The molecular weight excluding hydrogens is 278 g/mol. The Balaban J connectivity index is 1.78. The molecule has 0 saturated carbocycles. The van der Waals surface area contributed by atoms with Crippen LogP contribution in [0.2, 0.25) is 0 Å². The largest absolute Gasteiger partial charge is 0.350 e. The summed E-state index contributed by atoms with van der Waals surface area (Å²) in [5, 5.41) is 5.40. The predicted octanol–water partition coefficient (Wildman–Crippen LogP) is 1.42. The second-order valence-electron chi connectivity index (χ2n) is 5.94. The standard InChI is InChI=1S/C17H25N3O2/c1-13(19-14(2)21)17(22)18-11-15-5-7-16(8-6-15)12-20-9-3-4-10-20/h5-8,13H,3-4,9-12H2,1-2H3,(H,18,22)(H,19,21). The van der Waals surface area contributed by atoms with E-state index in [9.17, 15) is 9.59 Å².